The highest BCUT2D eigenvalue weighted by Gasteiger charge is 2.13. The molecule has 7 heteroatoms. The standard InChI is InChI=1S/C20H17N5O2/c26-20(18-11-19(27-24-18)17-5-7-21-8-6-17)23-12-15-1-3-16(4-2-15)13-25-10-9-22-14-25/h1-11,14H,12-13H2,(H,23,26). The Labute approximate surface area is 155 Å². The molecule has 0 saturated carbocycles. The minimum absolute atomic E-state index is 0.249. The van der Waals surface area contributed by atoms with Gasteiger partial charge in [0.05, 0.1) is 6.33 Å². The van der Waals surface area contributed by atoms with E-state index in [-0.39, 0.29) is 11.6 Å². The van der Waals surface area contributed by atoms with Gasteiger partial charge in [0.1, 0.15) is 0 Å². The fourth-order valence-electron chi connectivity index (χ4n) is 2.66. The molecule has 3 aromatic heterocycles. The third-order valence-electron chi connectivity index (χ3n) is 4.11. The van der Waals surface area contributed by atoms with Crippen molar-refractivity contribution in [2.75, 3.05) is 0 Å². The Kier molecular flexibility index (Phi) is 4.74. The number of hydrogen-bond acceptors (Lipinski definition) is 5. The average molecular weight is 359 g/mol. The lowest BCUT2D eigenvalue weighted by molar-refractivity contribution is 0.0942. The highest BCUT2D eigenvalue weighted by molar-refractivity contribution is 5.93. The fourth-order valence-corrected chi connectivity index (χ4v) is 2.66. The lowest BCUT2D eigenvalue weighted by atomic mass is 10.1. The Morgan fingerprint density at radius 3 is 2.52 bits per heavy atom. The highest BCUT2D eigenvalue weighted by Crippen LogP contribution is 2.19. The van der Waals surface area contributed by atoms with Crippen LogP contribution in [0.1, 0.15) is 21.6 Å². The van der Waals surface area contributed by atoms with E-state index in [0.29, 0.717) is 12.3 Å². The molecule has 134 valence electrons. The van der Waals surface area contributed by atoms with Crippen molar-refractivity contribution in [3.05, 3.63) is 90.4 Å². The van der Waals surface area contributed by atoms with Gasteiger partial charge in [-0.2, -0.15) is 0 Å². The molecule has 0 atom stereocenters. The summed E-state index contributed by atoms with van der Waals surface area (Å²) in [4.78, 5) is 20.3. The minimum atomic E-state index is -0.276. The van der Waals surface area contributed by atoms with Gasteiger partial charge in [-0.15, -0.1) is 0 Å². The number of nitrogens with zero attached hydrogens (tertiary/aromatic N) is 4. The first kappa shape index (κ1) is 16.7. The molecule has 4 rings (SSSR count). The number of amides is 1. The van der Waals surface area contributed by atoms with E-state index >= 15 is 0 Å². The number of imidazole rings is 1. The molecule has 0 aliphatic rings. The van der Waals surface area contributed by atoms with Gasteiger partial charge in [-0.25, -0.2) is 4.98 Å². The summed E-state index contributed by atoms with van der Waals surface area (Å²) in [6.07, 6.45) is 8.79. The molecule has 1 amide bonds. The molecule has 0 fully saturated rings. The first-order valence-corrected chi connectivity index (χ1v) is 8.47. The Hall–Kier alpha value is -3.74. The molecule has 0 unspecified atom stereocenters. The van der Waals surface area contributed by atoms with Crippen LogP contribution in [-0.4, -0.2) is 25.6 Å². The largest absolute Gasteiger partial charge is 0.355 e. The maximum absolute atomic E-state index is 12.3. The number of carbonyl (C=O) groups is 1. The van der Waals surface area contributed by atoms with Gasteiger partial charge in [-0.3, -0.25) is 9.78 Å². The molecular weight excluding hydrogens is 342 g/mol. The number of benzene rings is 1. The van der Waals surface area contributed by atoms with E-state index in [9.17, 15) is 4.79 Å². The Morgan fingerprint density at radius 1 is 1.00 bits per heavy atom. The SMILES string of the molecule is O=C(NCc1ccc(Cn2ccnc2)cc1)c1cc(-c2ccncc2)on1. The summed E-state index contributed by atoms with van der Waals surface area (Å²) in [5.74, 6) is 0.257. The molecule has 1 aromatic carbocycles. The quantitative estimate of drug-likeness (QED) is 0.572. The van der Waals surface area contributed by atoms with Crippen molar-refractivity contribution in [2.24, 2.45) is 0 Å². The Morgan fingerprint density at radius 2 is 1.78 bits per heavy atom. The number of pyridine rings is 1. The van der Waals surface area contributed by atoms with Gasteiger partial charge in [-0.1, -0.05) is 29.4 Å². The van der Waals surface area contributed by atoms with Crippen molar-refractivity contribution >= 4 is 5.91 Å². The third kappa shape index (κ3) is 4.09. The topological polar surface area (TPSA) is 85.8 Å². The van der Waals surface area contributed by atoms with Crippen LogP contribution in [-0.2, 0) is 13.1 Å². The van der Waals surface area contributed by atoms with Gasteiger partial charge in [-0.05, 0) is 23.3 Å². The predicted octanol–water partition coefficient (Wildman–Crippen LogP) is 2.91. The Bertz CT molecular complexity index is 1010. The lowest BCUT2D eigenvalue weighted by Crippen LogP contribution is -2.23. The molecule has 0 spiro atoms. The van der Waals surface area contributed by atoms with Gasteiger partial charge in [0, 0.05) is 49.5 Å². The van der Waals surface area contributed by atoms with Crippen LogP contribution in [0.4, 0.5) is 0 Å². The second-order valence-corrected chi connectivity index (χ2v) is 6.05. The van der Waals surface area contributed by atoms with E-state index in [0.717, 1.165) is 17.7 Å². The molecule has 0 aliphatic heterocycles. The van der Waals surface area contributed by atoms with Crippen LogP contribution in [0.3, 0.4) is 0 Å². The highest BCUT2D eigenvalue weighted by atomic mass is 16.5. The molecule has 3 heterocycles. The van der Waals surface area contributed by atoms with Gasteiger partial charge < -0.3 is 14.4 Å². The van der Waals surface area contributed by atoms with Crippen LogP contribution in [0.25, 0.3) is 11.3 Å². The molecule has 0 bridgehead atoms. The molecule has 0 aliphatic carbocycles. The Balaban J connectivity index is 1.34. The van der Waals surface area contributed by atoms with Crippen molar-refractivity contribution in [1.82, 2.24) is 25.0 Å². The zero-order valence-corrected chi connectivity index (χ0v) is 14.4. The number of carbonyl (C=O) groups excluding carboxylic acids is 1. The summed E-state index contributed by atoms with van der Waals surface area (Å²) >= 11 is 0. The second-order valence-electron chi connectivity index (χ2n) is 6.05. The second kappa shape index (κ2) is 7.65. The van der Waals surface area contributed by atoms with Crippen molar-refractivity contribution in [2.45, 2.75) is 13.1 Å². The lowest BCUT2D eigenvalue weighted by Gasteiger charge is -2.06. The van der Waals surface area contributed by atoms with Crippen LogP contribution >= 0.6 is 0 Å². The molecule has 4 aromatic rings. The van der Waals surface area contributed by atoms with Gasteiger partial charge >= 0.3 is 0 Å². The van der Waals surface area contributed by atoms with E-state index in [1.165, 1.54) is 5.56 Å². The number of nitrogens with one attached hydrogen (secondary N) is 1. The molecular formula is C20H17N5O2. The van der Waals surface area contributed by atoms with E-state index < -0.39 is 0 Å². The van der Waals surface area contributed by atoms with E-state index in [4.69, 9.17) is 4.52 Å². The van der Waals surface area contributed by atoms with Crippen LogP contribution in [0.5, 0.6) is 0 Å². The summed E-state index contributed by atoms with van der Waals surface area (Å²) in [6, 6.07) is 13.3. The van der Waals surface area contributed by atoms with Crippen LogP contribution in [0.2, 0.25) is 0 Å². The third-order valence-corrected chi connectivity index (χ3v) is 4.11. The normalized spacial score (nSPS) is 10.7. The summed E-state index contributed by atoms with van der Waals surface area (Å²) in [6.45, 7) is 1.19. The van der Waals surface area contributed by atoms with E-state index in [1.807, 2.05) is 35.0 Å². The van der Waals surface area contributed by atoms with E-state index in [2.05, 4.69) is 20.4 Å². The van der Waals surface area contributed by atoms with Crippen LogP contribution < -0.4 is 5.32 Å². The summed E-state index contributed by atoms with van der Waals surface area (Å²) in [5, 5.41) is 6.70. The molecule has 7 nitrogen and oxygen atoms in total. The average Bonchev–Trinajstić information content (AvgIpc) is 3.40. The van der Waals surface area contributed by atoms with Crippen molar-refractivity contribution < 1.29 is 9.32 Å². The molecule has 0 radical (unpaired) electrons. The summed E-state index contributed by atoms with van der Waals surface area (Å²) < 4.78 is 7.25. The van der Waals surface area contributed by atoms with E-state index in [1.54, 1.807) is 43.1 Å². The van der Waals surface area contributed by atoms with Crippen LogP contribution in [0, 0.1) is 0 Å². The smallest absolute Gasteiger partial charge is 0.273 e. The van der Waals surface area contributed by atoms with Gasteiger partial charge in [0.15, 0.2) is 11.5 Å². The molecule has 1 N–H and O–H groups in total. The maximum Gasteiger partial charge on any atom is 0.273 e. The number of rotatable bonds is 6. The maximum atomic E-state index is 12.3. The van der Waals surface area contributed by atoms with Gasteiger partial charge in [0.2, 0.25) is 0 Å². The fraction of sp³-hybridized carbons (Fsp3) is 0.100. The first-order chi connectivity index (χ1) is 13.3. The summed E-state index contributed by atoms with van der Waals surface area (Å²) in [5.41, 5.74) is 3.25. The van der Waals surface area contributed by atoms with Crippen molar-refractivity contribution in [1.29, 1.82) is 0 Å². The zero-order chi connectivity index (χ0) is 18.5. The van der Waals surface area contributed by atoms with Gasteiger partial charge in [0.25, 0.3) is 5.91 Å². The predicted molar refractivity (Wildman–Crippen MR) is 98.7 cm³/mol. The van der Waals surface area contributed by atoms with Crippen molar-refractivity contribution in [3.63, 3.8) is 0 Å². The molecule has 0 saturated heterocycles. The monoisotopic (exact) mass is 359 g/mol. The van der Waals surface area contributed by atoms with Crippen LogP contribution in [0.15, 0.2) is 78.1 Å². The van der Waals surface area contributed by atoms with Crippen molar-refractivity contribution in [3.8, 4) is 11.3 Å². The molecule has 27 heavy (non-hydrogen) atoms. The number of aromatic nitrogens is 4. The minimum Gasteiger partial charge on any atom is -0.355 e. The number of hydrogen-bond donors (Lipinski definition) is 1. The summed E-state index contributed by atoms with van der Waals surface area (Å²) in [7, 11) is 0. The zero-order valence-electron chi connectivity index (χ0n) is 14.4. The first-order valence-electron chi connectivity index (χ1n) is 8.47.